The van der Waals surface area contributed by atoms with E-state index in [1.807, 2.05) is 12.1 Å². The molecule has 1 nitrogen and oxygen atoms in total. The van der Waals surface area contributed by atoms with Crippen LogP contribution in [-0.4, -0.2) is 6.54 Å². The molecular formula is C15H16N. The zero-order valence-corrected chi connectivity index (χ0v) is 9.56. The Bertz CT molecular complexity index is 408. The molecule has 16 heavy (non-hydrogen) atoms. The third-order valence-electron chi connectivity index (χ3n) is 2.66. The predicted octanol–water partition coefficient (Wildman–Crippen LogP) is 3.51. The highest BCUT2D eigenvalue weighted by Crippen LogP contribution is 2.15. The number of hydrogen-bond acceptors (Lipinski definition) is 1. The summed E-state index contributed by atoms with van der Waals surface area (Å²) in [5, 5.41) is 0. The maximum absolute atomic E-state index is 3.05. The molecule has 0 atom stereocenters. The number of nitrogens with zero attached hydrogens (tertiary/aromatic N) is 1. The number of rotatable bonds is 4. The molecular weight excluding hydrogens is 194 g/mol. The molecule has 0 heterocycles. The summed E-state index contributed by atoms with van der Waals surface area (Å²) >= 11 is 0. The summed E-state index contributed by atoms with van der Waals surface area (Å²) in [4.78, 5) is 2.35. The Hall–Kier alpha value is -1.76. The molecule has 0 N–H and O–H groups in total. The molecule has 1 radical (unpaired) electrons. The van der Waals surface area contributed by atoms with Gasteiger partial charge in [-0.1, -0.05) is 42.5 Å². The summed E-state index contributed by atoms with van der Waals surface area (Å²) in [6.45, 7) is 4.15. The van der Waals surface area contributed by atoms with Crippen LogP contribution < -0.4 is 4.90 Å². The molecule has 0 saturated carbocycles. The van der Waals surface area contributed by atoms with Crippen molar-refractivity contribution in [3.05, 3.63) is 66.2 Å². The van der Waals surface area contributed by atoms with Crippen LogP contribution in [0.4, 0.5) is 5.69 Å². The average Bonchev–Trinajstić information content (AvgIpc) is 2.38. The second kappa shape index (κ2) is 5.36. The van der Waals surface area contributed by atoms with Crippen molar-refractivity contribution in [2.24, 2.45) is 0 Å². The fraction of sp³-hybridized carbons (Fsp3) is 0.200. The Balaban J connectivity index is 2.13. The lowest BCUT2D eigenvalue weighted by molar-refractivity contribution is 0.832. The van der Waals surface area contributed by atoms with E-state index in [1.54, 1.807) is 0 Å². The van der Waals surface area contributed by atoms with Crippen LogP contribution >= 0.6 is 0 Å². The highest BCUT2D eigenvalue weighted by atomic mass is 15.1. The fourth-order valence-electron chi connectivity index (χ4n) is 1.78. The monoisotopic (exact) mass is 210 g/mol. The smallest absolute Gasteiger partial charge is 0.0429 e. The molecule has 81 valence electrons. The maximum Gasteiger partial charge on any atom is 0.0429 e. The molecule has 0 aliphatic carbocycles. The highest BCUT2D eigenvalue weighted by molar-refractivity contribution is 5.46. The summed E-state index contributed by atoms with van der Waals surface area (Å²) in [5.74, 6) is 0. The Morgan fingerprint density at radius 2 is 1.69 bits per heavy atom. The van der Waals surface area contributed by atoms with Crippen molar-refractivity contribution >= 4 is 5.69 Å². The molecule has 0 unspecified atom stereocenters. The summed E-state index contributed by atoms with van der Waals surface area (Å²) in [5.41, 5.74) is 2.60. The number of benzene rings is 2. The second-order valence-corrected chi connectivity index (χ2v) is 3.76. The van der Waals surface area contributed by atoms with Crippen molar-refractivity contribution in [2.75, 3.05) is 11.4 Å². The van der Waals surface area contributed by atoms with Gasteiger partial charge >= 0.3 is 0 Å². The molecule has 0 amide bonds. The summed E-state index contributed by atoms with van der Waals surface area (Å²) in [7, 11) is 0. The van der Waals surface area contributed by atoms with Crippen LogP contribution in [0.5, 0.6) is 0 Å². The van der Waals surface area contributed by atoms with E-state index >= 15 is 0 Å². The summed E-state index contributed by atoms with van der Waals surface area (Å²) in [6, 6.07) is 21.7. The standard InChI is InChI=1S/C15H16N/c1-2-16(15-11-7-4-8-12-15)13-14-9-5-3-6-10-14/h3,5-12H,2,13H2,1H3. The van der Waals surface area contributed by atoms with Gasteiger partial charge < -0.3 is 4.90 Å². The molecule has 1 heteroatoms. The van der Waals surface area contributed by atoms with E-state index in [-0.39, 0.29) is 0 Å². The first-order valence-corrected chi connectivity index (χ1v) is 5.65. The van der Waals surface area contributed by atoms with E-state index in [0.29, 0.717) is 0 Å². The van der Waals surface area contributed by atoms with Crippen molar-refractivity contribution in [1.29, 1.82) is 0 Å². The highest BCUT2D eigenvalue weighted by Gasteiger charge is 2.03. The predicted molar refractivity (Wildman–Crippen MR) is 68.4 cm³/mol. The summed E-state index contributed by atoms with van der Waals surface area (Å²) in [6.07, 6.45) is 0. The lowest BCUT2D eigenvalue weighted by Crippen LogP contribution is -2.21. The minimum atomic E-state index is 0.960. The van der Waals surface area contributed by atoms with Gasteiger partial charge in [0, 0.05) is 18.8 Å². The largest absolute Gasteiger partial charge is 0.367 e. The van der Waals surface area contributed by atoms with Crippen LogP contribution in [0.15, 0.2) is 54.6 Å². The van der Waals surface area contributed by atoms with E-state index in [1.165, 1.54) is 11.3 Å². The minimum absolute atomic E-state index is 0.960. The van der Waals surface area contributed by atoms with Crippen LogP contribution in [0.2, 0.25) is 0 Å². The van der Waals surface area contributed by atoms with Crippen molar-refractivity contribution in [1.82, 2.24) is 0 Å². The molecule has 2 aromatic carbocycles. The third-order valence-corrected chi connectivity index (χ3v) is 2.66. The van der Waals surface area contributed by atoms with Gasteiger partial charge in [-0.25, -0.2) is 0 Å². The van der Waals surface area contributed by atoms with Crippen LogP contribution in [0.1, 0.15) is 12.5 Å². The first kappa shape index (κ1) is 10.7. The van der Waals surface area contributed by atoms with Gasteiger partial charge in [-0.3, -0.25) is 0 Å². The molecule has 0 aliphatic heterocycles. The van der Waals surface area contributed by atoms with E-state index in [2.05, 4.69) is 60.4 Å². The van der Waals surface area contributed by atoms with Crippen LogP contribution in [0.3, 0.4) is 0 Å². The first-order chi connectivity index (χ1) is 7.90. The maximum atomic E-state index is 3.05. The first-order valence-electron chi connectivity index (χ1n) is 5.65. The Morgan fingerprint density at radius 1 is 1.00 bits per heavy atom. The quantitative estimate of drug-likeness (QED) is 0.746. The van der Waals surface area contributed by atoms with Crippen molar-refractivity contribution in [3.8, 4) is 0 Å². The molecule has 2 aromatic rings. The van der Waals surface area contributed by atoms with Crippen molar-refractivity contribution in [3.63, 3.8) is 0 Å². The van der Waals surface area contributed by atoms with Gasteiger partial charge in [0.1, 0.15) is 0 Å². The molecule has 2 rings (SSSR count). The van der Waals surface area contributed by atoms with Crippen LogP contribution in [0.25, 0.3) is 0 Å². The van der Waals surface area contributed by atoms with E-state index in [4.69, 9.17) is 0 Å². The van der Waals surface area contributed by atoms with Gasteiger partial charge in [0.15, 0.2) is 0 Å². The number of hydrogen-bond donors (Lipinski definition) is 0. The molecule has 0 aliphatic rings. The molecule has 0 aromatic heterocycles. The van der Waals surface area contributed by atoms with E-state index in [0.717, 1.165) is 13.1 Å². The molecule has 0 bridgehead atoms. The van der Waals surface area contributed by atoms with Gasteiger partial charge in [-0.15, -0.1) is 0 Å². The Labute approximate surface area is 97.3 Å². The zero-order valence-electron chi connectivity index (χ0n) is 9.56. The molecule has 0 fully saturated rings. The third kappa shape index (κ3) is 2.63. The topological polar surface area (TPSA) is 3.24 Å². The van der Waals surface area contributed by atoms with E-state index in [9.17, 15) is 0 Å². The molecule has 0 saturated heterocycles. The average molecular weight is 210 g/mol. The van der Waals surface area contributed by atoms with Gasteiger partial charge in [0.25, 0.3) is 0 Å². The normalized spacial score (nSPS) is 10.1. The van der Waals surface area contributed by atoms with Crippen LogP contribution in [-0.2, 0) is 6.54 Å². The Kier molecular flexibility index (Phi) is 3.60. The van der Waals surface area contributed by atoms with Gasteiger partial charge in [-0.2, -0.15) is 0 Å². The molecule has 0 spiro atoms. The van der Waals surface area contributed by atoms with Gasteiger partial charge in [0.05, 0.1) is 0 Å². The summed E-state index contributed by atoms with van der Waals surface area (Å²) < 4.78 is 0. The number of anilines is 1. The lowest BCUT2D eigenvalue weighted by atomic mass is 10.2. The van der Waals surface area contributed by atoms with Crippen LogP contribution in [0, 0.1) is 6.07 Å². The van der Waals surface area contributed by atoms with Gasteiger partial charge in [0.2, 0.25) is 0 Å². The second-order valence-electron chi connectivity index (χ2n) is 3.76. The minimum Gasteiger partial charge on any atom is -0.367 e. The SMILES string of the molecule is CCN(Cc1ccccc1)c1cc[c]cc1. The zero-order chi connectivity index (χ0) is 11.2. The van der Waals surface area contributed by atoms with Gasteiger partial charge in [-0.05, 0) is 30.7 Å². The fourth-order valence-corrected chi connectivity index (χ4v) is 1.78. The van der Waals surface area contributed by atoms with Crippen molar-refractivity contribution < 1.29 is 0 Å². The lowest BCUT2D eigenvalue weighted by Gasteiger charge is -2.23. The van der Waals surface area contributed by atoms with E-state index < -0.39 is 0 Å². The Morgan fingerprint density at radius 3 is 2.31 bits per heavy atom. The van der Waals surface area contributed by atoms with Crippen molar-refractivity contribution in [2.45, 2.75) is 13.5 Å².